The Morgan fingerprint density at radius 2 is 1.98 bits per heavy atom. The SMILES string of the molecule is COc1ccc(/C=N/NC(=O)C2CC2c2ccc(C(C)(C)C)cc2)cc1CSc1nc(C(F)F)cc(C)c1C#N. The molecule has 1 aliphatic carbocycles. The first-order valence-electron chi connectivity index (χ1n) is 12.9. The number of nitriles is 1. The molecule has 6 nitrogen and oxygen atoms in total. The number of thioether (sulfide) groups is 1. The van der Waals surface area contributed by atoms with Crippen molar-refractivity contribution in [2.24, 2.45) is 11.0 Å². The number of pyridine rings is 1. The van der Waals surface area contributed by atoms with Crippen molar-refractivity contribution in [3.8, 4) is 11.8 Å². The number of methoxy groups -OCH3 is 1. The average molecular weight is 563 g/mol. The van der Waals surface area contributed by atoms with E-state index in [0.29, 0.717) is 17.1 Å². The van der Waals surface area contributed by atoms with Gasteiger partial charge >= 0.3 is 0 Å². The highest BCUT2D eigenvalue weighted by atomic mass is 32.2. The molecule has 1 N–H and O–H groups in total. The van der Waals surface area contributed by atoms with E-state index in [4.69, 9.17) is 4.74 Å². The van der Waals surface area contributed by atoms with Crippen LogP contribution in [0.3, 0.4) is 0 Å². The molecule has 1 aromatic heterocycles. The Labute approximate surface area is 237 Å². The van der Waals surface area contributed by atoms with Crippen LogP contribution < -0.4 is 10.2 Å². The highest BCUT2D eigenvalue weighted by molar-refractivity contribution is 7.98. The maximum Gasteiger partial charge on any atom is 0.280 e. The second kappa shape index (κ2) is 12.2. The molecule has 0 bridgehead atoms. The first kappa shape index (κ1) is 29.2. The van der Waals surface area contributed by atoms with Gasteiger partial charge in [0, 0.05) is 17.2 Å². The van der Waals surface area contributed by atoms with Crippen molar-refractivity contribution in [1.82, 2.24) is 10.4 Å². The maximum atomic E-state index is 13.3. The number of alkyl halides is 2. The fourth-order valence-corrected chi connectivity index (χ4v) is 5.53. The van der Waals surface area contributed by atoms with Crippen LogP contribution in [-0.4, -0.2) is 24.2 Å². The van der Waals surface area contributed by atoms with E-state index in [1.54, 1.807) is 32.4 Å². The van der Waals surface area contributed by atoms with Crippen molar-refractivity contribution < 1.29 is 18.3 Å². The summed E-state index contributed by atoms with van der Waals surface area (Å²) in [6, 6.07) is 17.2. The van der Waals surface area contributed by atoms with Crippen molar-refractivity contribution >= 4 is 23.9 Å². The Bertz CT molecular complexity index is 1460. The molecule has 2 atom stereocenters. The normalized spacial score (nSPS) is 16.7. The minimum absolute atomic E-state index is 0.0858. The smallest absolute Gasteiger partial charge is 0.280 e. The van der Waals surface area contributed by atoms with Gasteiger partial charge in [0.15, 0.2) is 0 Å². The van der Waals surface area contributed by atoms with Gasteiger partial charge in [0.1, 0.15) is 22.5 Å². The summed E-state index contributed by atoms with van der Waals surface area (Å²) >= 11 is 1.19. The molecule has 2 aromatic carbocycles. The predicted molar refractivity (Wildman–Crippen MR) is 153 cm³/mol. The van der Waals surface area contributed by atoms with Gasteiger partial charge in [0.2, 0.25) is 5.91 Å². The van der Waals surface area contributed by atoms with Gasteiger partial charge in [-0.2, -0.15) is 10.4 Å². The molecule has 0 aliphatic heterocycles. The predicted octanol–water partition coefficient (Wildman–Crippen LogP) is 7.05. The van der Waals surface area contributed by atoms with Gasteiger partial charge in [-0.15, -0.1) is 11.8 Å². The summed E-state index contributed by atoms with van der Waals surface area (Å²) in [4.78, 5) is 16.7. The second-order valence-corrected chi connectivity index (χ2v) is 11.8. The van der Waals surface area contributed by atoms with E-state index in [1.165, 1.54) is 23.4 Å². The van der Waals surface area contributed by atoms with E-state index >= 15 is 0 Å². The third-order valence-electron chi connectivity index (χ3n) is 6.93. The first-order chi connectivity index (χ1) is 19.0. The summed E-state index contributed by atoms with van der Waals surface area (Å²) in [6.45, 7) is 8.15. The Kier molecular flexibility index (Phi) is 8.89. The number of benzene rings is 2. The summed E-state index contributed by atoms with van der Waals surface area (Å²) in [5.74, 6) is 0.924. The van der Waals surface area contributed by atoms with E-state index in [1.807, 2.05) is 6.07 Å². The van der Waals surface area contributed by atoms with Gasteiger partial charge < -0.3 is 4.74 Å². The molecular weight excluding hydrogens is 530 g/mol. The topological polar surface area (TPSA) is 87.4 Å². The van der Waals surface area contributed by atoms with Gasteiger partial charge in [-0.3, -0.25) is 4.79 Å². The number of nitrogens with one attached hydrogen (secondary N) is 1. The number of nitrogens with zero attached hydrogens (tertiary/aromatic N) is 3. The van der Waals surface area contributed by atoms with E-state index in [-0.39, 0.29) is 39.4 Å². The largest absolute Gasteiger partial charge is 0.496 e. The third kappa shape index (κ3) is 6.86. The molecule has 1 saturated carbocycles. The number of carbonyl (C=O) groups excluding carboxylic acids is 1. The van der Waals surface area contributed by atoms with E-state index in [9.17, 15) is 18.8 Å². The number of hydrogen-bond acceptors (Lipinski definition) is 6. The minimum Gasteiger partial charge on any atom is -0.496 e. The number of amides is 1. The van der Waals surface area contributed by atoms with Crippen LogP contribution in [0.25, 0.3) is 0 Å². The molecule has 2 unspecified atom stereocenters. The van der Waals surface area contributed by atoms with Crippen molar-refractivity contribution in [3.63, 3.8) is 0 Å². The van der Waals surface area contributed by atoms with Gasteiger partial charge in [0.25, 0.3) is 6.43 Å². The molecule has 9 heteroatoms. The van der Waals surface area contributed by atoms with Crippen molar-refractivity contribution in [2.75, 3.05) is 7.11 Å². The number of hydrazone groups is 1. The minimum atomic E-state index is -2.73. The molecule has 3 aromatic rings. The van der Waals surface area contributed by atoms with E-state index < -0.39 is 6.43 Å². The summed E-state index contributed by atoms with van der Waals surface area (Å²) < 4.78 is 32.0. The Hall–Kier alpha value is -3.77. The summed E-state index contributed by atoms with van der Waals surface area (Å²) in [5.41, 5.74) is 7.04. The highest BCUT2D eigenvalue weighted by Gasteiger charge is 2.44. The Morgan fingerprint density at radius 3 is 2.60 bits per heavy atom. The highest BCUT2D eigenvalue weighted by Crippen LogP contribution is 2.47. The van der Waals surface area contributed by atoms with Crippen LogP contribution in [0.15, 0.2) is 58.7 Å². The molecule has 1 heterocycles. The molecule has 0 saturated heterocycles. The van der Waals surface area contributed by atoms with Crippen LogP contribution in [0.4, 0.5) is 8.78 Å². The quantitative estimate of drug-likeness (QED) is 0.172. The number of rotatable bonds is 9. The number of ether oxygens (including phenoxy) is 1. The molecule has 0 spiro atoms. The number of aryl methyl sites for hydroxylation is 1. The fraction of sp³-hybridized carbons (Fsp3) is 0.355. The summed E-state index contributed by atoms with van der Waals surface area (Å²) in [5, 5.41) is 13.9. The van der Waals surface area contributed by atoms with Crippen LogP contribution in [-0.2, 0) is 16.0 Å². The van der Waals surface area contributed by atoms with Crippen molar-refractivity contribution in [3.05, 3.63) is 87.6 Å². The van der Waals surface area contributed by atoms with Gasteiger partial charge in [-0.1, -0.05) is 45.0 Å². The Balaban J connectivity index is 1.39. The van der Waals surface area contributed by atoms with Gasteiger partial charge in [0.05, 0.1) is 18.9 Å². The number of hydrogen-bond donors (Lipinski definition) is 1. The second-order valence-electron chi connectivity index (χ2n) is 10.9. The van der Waals surface area contributed by atoms with Gasteiger partial charge in [-0.05, 0) is 71.2 Å². The van der Waals surface area contributed by atoms with E-state index in [0.717, 1.165) is 23.1 Å². The van der Waals surface area contributed by atoms with Crippen LogP contribution in [0.2, 0.25) is 0 Å². The van der Waals surface area contributed by atoms with Crippen molar-refractivity contribution in [1.29, 1.82) is 5.26 Å². The molecule has 1 fully saturated rings. The number of carbonyl (C=O) groups is 1. The first-order valence-corrected chi connectivity index (χ1v) is 13.9. The molecule has 208 valence electrons. The van der Waals surface area contributed by atoms with Crippen LogP contribution in [0.5, 0.6) is 5.75 Å². The lowest BCUT2D eigenvalue weighted by Crippen LogP contribution is -2.20. The summed E-state index contributed by atoms with van der Waals surface area (Å²) in [7, 11) is 1.54. The zero-order valence-electron chi connectivity index (χ0n) is 23.2. The number of aromatic nitrogens is 1. The average Bonchev–Trinajstić information content (AvgIpc) is 3.72. The standard InChI is InChI=1S/C31H32F2N4O2S/c1-18-12-26(28(32)33)36-30(25(18)15-34)40-17-21-13-19(6-11-27(21)39-5)16-35-37-29(38)24-14-23(24)20-7-9-22(10-8-20)31(2,3)4/h6-13,16,23-24,28H,14,17H2,1-5H3,(H,37,38)/b35-16+. The maximum absolute atomic E-state index is 13.3. The lowest BCUT2D eigenvalue weighted by atomic mass is 9.86. The molecule has 1 aliphatic rings. The monoisotopic (exact) mass is 562 g/mol. The molecule has 4 rings (SSSR count). The fourth-order valence-electron chi connectivity index (χ4n) is 4.49. The third-order valence-corrected chi connectivity index (χ3v) is 7.95. The van der Waals surface area contributed by atoms with Gasteiger partial charge in [-0.25, -0.2) is 19.2 Å². The van der Waals surface area contributed by atoms with E-state index in [2.05, 4.69) is 66.6 Å². The van der Waals surface area contributed by atoms with Crippen LogP contribution >= 0.6 is 11.8 Å². The molecule has 1 amide bonds. The zero-order valence-corrected chi connectivity index (χ0v) is 24.0. The van der Waals surface area contributed by atoms with Crippen molar-refractivity contribution in [2.45, 2.75) is 62.7 Å². The summed E-state index contributed by atoms with van der Waals surface area (Å²) in [6.07, 6.45) is -0.373. The van der Waals surface area contributed by atoms with Crippen LogP contribution in [0, 0.1) is 24.2 Å². The number of halogens is 2. The zero-order chi connectivity index (χ0) is 29.0. The molecule has 0 radical (unpaired) electrons. The molecule has 40 heavy (non-hydrogen) atoms. The lowest BCUT2D eigenvalue weighted by molar-refractivity contribution is -0.122. The Morgan fingerprint density at radius 1 is 1.25 bits per heavy atom. The lowest BCUT2D eigenvalue weighted by Gasteiger charge is -2.19. The van der Waals surface area contributed by atoms with Crippen LogP contribution in [0.1, 0.15) is 78.6 Å². The molecular formula is C31H32F2N4O2S.